The minimum atomic E-state index is 0.219. The highest BCUT2D eigenvalue weighted by molar-refractivity contribution is 7.13. The van der Waals surface area contributed by atoms with E-state index < -0.39 is 0 Å². The Bertz CT molecular complexity index is 557. The van der Waals surface area contributed by atoms with Crippen molar-refractivity contribution < 1.29 is 4.79 Å². The zero-order valence-corrected chi connectivity index (χ0v) is 15.1. The number of fused-ring (bicyclic) bond motifs is 2. The fourth-order valence-electron chi connectivity index (χ4n) is 4.47. The molecule has 2 unspecified atom stereocenters. The van der Waals surface area contributed by atoms with Crippen molar-refractivity contribution in [3.05, 3.63) is 11.1 Å². The third-order valence-corrected chi connectivity index (χ3v) is 6.61. The highest BCUT2D eigenvalue weighted by Crippen LogP contribution is 2.32. The summed E-state index contributed by atoms with van der Waals surface area (Å²) in [6.07, 6.45) is 9.05. The zero-order chi connectivity index (χ0) is 16.4. The van der Waals surface area contributed by atoms with Crippen molar-refractivity contribution in [2.75, 3.05) is 24.5 Å². The van der Waals surface area contributed by atoms with Crippen molar-refractivity contribution in [1.82, 2.24) is 15.6 Å². The fourth-order valence-corrected chi connectivity index (χ4v) is 5.38. The standard InChI is InChI=1S/C18H28N4OS/c23-17(11-13-9-14-3-4-15(10-13)20-14)19-6-5-16-12-24-18(21-16)22-7-1-2-8-22/h12-15,20H,1-11H2,(H,19,23). The van der Waals surface area contributed by atoms with Gasteiger partial charge in [-0.25, -0.2) is 4.98 Å². The first-order chi connectivity index (χ1) is 11.8. The van der Waals surface area contributed by atoms with Crippen LogP contribution in [0.5, 0.6) is 0 Å². The van der Waals surface area contributed by atoms with E-state index in [9.17, 15) is 4.79 Å². The van der Waals surface area contributed by atoms with Crippen LogP contribution in [-0.4, -0.2) is 42.6 Å². The average Bonchev–Trinajstić information content (AvgIpc) is 3.28. The largest absolute Gasteiger partial charge is 0.356 e. The molecule has 4 heterocycles. The second kappa shape index (κ2) is 7.40. The Kier molecular flexibility index (Phi) is 5.03. The lowest BCUT2D eigenvalue weighted by molar-refractivity contribution is -0.122. The van der Waals surface area contributed by atoms with Gasteiger partial charge in [0, 0.05) is 49.9 Å². The third-order valence-electron chi connectivity index (χ3n) is 5.66. The number of nitrogens with zero attached hydrogens (tertiary/aromatic N) is 2. The SMILES string of the molecule is O=C(CC1CC2CCC(C1)N2)NCCc1csc(N2CCCC2)n1. The molecular formula is C18H28N4OS. The van der Waals surface area contributed by atoms with Gasteiger partial charge in [0.05, 0.1) is 5.69 Å². The van der Waals surface area contributed by atoms with Gasteiger partial charge in [0.1, 0.15) is 0 Å². The fraction of sp³-hybridized carbons (Fsp3) is 0.778. The van der Waals surface area contributed by atoms with Crippen molar-refractivity contribution in [1.29, 1.82) is 0 Å². The number of carbonyl (C=O) groups is 1. The van der Waals surface area contributed by atoms with Crippen LogP contribution in [0.2, 0.25) is 0 Å². The van der Waals surface area contributed by atoms with Crippen LogP contribution >= 0.6 is 11.3 Å². The number of piperidine rings is 1. The van der Waals surface area contributed by atoms with Crippen LogP contribution < -0.4 is 15.5 Å². The smallest absolute Gasteiger partial charge is 0.220 e. The Balaban J connectivity index is 1.18. The second-order valence-corrected chi connectivity index (χ2v) is 8.43. The molecule has 6 heteroatoms. The number of hydrogen-bond donors (Lipinski definition) is 2. The van der Waals surface area contributed by atoms with Gasteiger partial charge in [0.15, 0.2) is 5.13 Å². The predicted octanol–water partition coefficient (Wildman–Crippen LogP) is 2.32. The minimum absolute atomic E-state index is 0.219. The van der Waals surface area contributed by atoms with Gasteiger partial charge in [-0.1, -0.05) is 0 Å². The Morgan fingerprint density at radius 1 is 1.29 bits per heavy atom. The number of hydrogen-bond acceptors (Lipinski definition) is 5. The lowest BCUT2D eigenvalue weighted by atomic mass is 9.89. The van der Waals surface area contributed by atoms with Crippen LogP contribution in [-0.2, 0) is 11.2 Å². The summed E-state index contributed by atoms with van der Waals surface area (Å²) in [5, 5.41) is 10.0. The number of carbonyl (C=O) groups excluding carboxylic acids is 1. The van der Waals surface area contributed by atoms with E-state index in [2.05, 4.69) is 20.9 Å². The van der Waals surface area contributed by atoms with E-state index in [1.807, 2.05) is 0 Å². The summed E-state index contributed by atoms with van der Waals surface area (Å²) in [4.78, 5) is 19.3. The molecule has 1 aromatic rings. The molecule has 0 aromatic carbocycles. The summed E-state index contributed by atoms with van der Waals surface area (Å²) in [6.45, 7) is 2.99. The van der Waals surface area contributed by atoms with E-state index in [1.165, 1.54) is 38.5 Å². The molecule has 2 bridgehead atoms. The molecule has 0 aliphatic carbocycles. The third kappa shape index (κ3) is 3.91. The van der Waals surface area contributed by atoms with Crippen LogP contribution in [0.25, 0.3) is 0 Å². The molecule has 2 N–H and O–H groups in total. The van der Waals surface area contributed by atoms with Gasteiger partial charge in [-0.05, 0) is 44.4 Å². The summed E-state index contributed by atoms with van der Waals surface area (Å²) in [5.41, 5.74) is 1.11. The van der Waals surface area contributed by atoms with Crippen molar-refractivity contribution in [2.45, 2.75) is 63.5 Å². The minimum Gasteiger partial charge on any atom is -0.356 e. The number of rotatable bonds is 6. The molecule has 0 spiro atoms. The molecular weight excluding hydrogens is 320 g/mol. The molecule has 3 aliphatic rings. The Morgan fingerprint density at radius 2 is 2.04 bits per heavy atom. The lowest BCUT2D eigenvalue weighted by Gasteiger charge is -2.28. The molecule has 3 aliphatic heterocycles. The zero-order valence-electron chi connectivity index (χ0n) is 14.3. The summed E-state index contributed by atoms with van der Waals surface area (Å²) in [6, 6.07) is 1.33. The van der Waals surface area contributed by atoms with Crippen LogP contribution in [0, 0.1) is 5.92 Å². The van der Waals surface area contributed by atoms with Crippen molar-refractivity contribution in [3.8, 4) is 0 Å². The molecule has 132 valence electrons. The molecule has 0 radical (unpaired) electrons. The van der Waals surface area contributed by atoms with E-state index in [1.54, 1.807) is 11.3 Å². The molecule has 3 fully saturated rings. The molecule has 1 aromatic heterocycles. The maximum atomic E-state index is 12.2. The van der Waals surface area contributed by atoms with Gasteiger partial charge >= 0.3 is 0 Å². The Morgan fingerprint density at radius 3 is 2.79 bits per heavy atom. The summed E-state index contributed by atoms with van der Waals surface area (Å²) in [5.74, 6) is 0.793. The number of amides is 1. The van der Waals surface area contributed by atoms with E-state index in [-0.39, 0.29) is 5.91 Å². The van der Waals surface area contributed by atoms with Gasteiger partial charge in [-0.2, -0.15) is 0 Å². The maximum Gasteiger partial charge on any atom is 0.220 e. The van der Waals surface area contributed by atoms with Crippen molar-refractivity contribution in [3.63, 3.8) is 0 Å². The van der Waals surface area contributed by atoms with Gasteiger partial charge < -0.3 is 15.5 Å². The normalized spacial score (nSPS) is 29.2. The van der Waals surface area contributed by atoms with Crippen LogP contribution in [0.4, 0.5) is 5.13 Å². The van der Waals surface area contributed by atoms with Gasteiger partial charge in [-0.15, -0.1) is 11.3 Å². The second-order valence-electron chi connectivity index (χ2n) is 7.59. The predicted molar refractivity (Wildman–Crippen MR) is 97.6 cm³/mol. The summed E-state index contributed by atoms with van der Waals surface area (Å²) in [7, 11) is 0. The van der Waals surface area contributed by atoms with E-state index in [0.717, 1.165) is 30.3 Å². The van der Waals surface area contributed by atoms with E-state index in [0.29, 0.717) is 31.0 Å². The Hall–Kier alpha value is -1.14. The quantitative estimate of drug-likeness (QED) is 0.828. The van der Waals surface area contributed by atoms with Crippen molar-refractivity contribution >= 4 is 22.4 Å². The number of thiazole rings is 1. The highest BCUT2D eigenvalue weighted by Gasteiger charge is 2.34. The van der Waals surface area contributed by atoms with Gasteiger partial charge in [0.25, 0.3) is 0 Å². The number of anilines is 1. The first-order valence-electron chi connectivity index (χ1n) is 9.48. The molecule has 3 saturated heterocycles. The average molecular weight is 349 g/mol. The van der Waals surface area contributed by atoms with Crippen LogP contribution in [0.3, 0.4) is 0 Å². The van der Waals surface area contributed by atoms with Gasteiger partial charge in [-0.3, -0.25) is 4.79 Å². The first-order valence-corrected chi connectivity index (χ1v) is 10.4. The number of aromatic nitrogens is 1. The van der Waals surface area contributed by atoms with Crippen molar-refractivity contribution in [2.24, 2.45) is 5.92 Å². The monoisotopic (exact) mass is 348 g/mol. The summed E-state index contributed by atoms with van der Waals surface area (Å²) < 4.78 is 0. The molecule has 4 rings (SSSR count). The van der Waals surface area contributed by atoms with E-state index >= 15 is 0 Å². The molecule has 0 saturated carbocycles. The van der Waals surface area contributed by atoms with Crippen LogP contribution in [0.15, 0.2) is 5.38 Å². The van der Waals surface area contributed by atoms with Gasteiger partial charge in [0.2, 0.25) is 5.91 Å². The van der Waals surface area contributed by atoms with E-state index in [4.69, 9.17) is 4.98 Å². The highest BCUT2D eigenvalue weighted by atomic mass is 32.1. The molecule has 5 nitrogen and oxygen atoms in total. The lowest BCUT2D eigenvalue weighted by Crippen LogP contribution is -2.39. The first kappa shape index (κ1) is 16.3. The summed E-state index contributed by atoms with van der Waals surface area (Å²) >= 11 is 1.74. The molecule has 2 atom stereocenters. The van der Waals surface area contributed by atoms with Crippen LogP contribution in [0.1, 0.15) is 50.6 Å². The Labute approximate surface area is 148 Å². The number of nitrogens with one attached hydrogen (secondary N) is 2. The maximum absolute atomic E-state index is 12.2. The molecule has 24 heavy (non-hydrogen) atoms. The molecule has 1 amide bonds. The topological polar surface area (TPSA) is 57.3 Å².